The van der Waals surface area contributed by atoms with Gasteiger partial charge in [-0.2, -0.15) is 0 Å². The summed E-state index contributed by atoms with van der Waals surface area (Å²) in [6.45, 7) is 4.38. The normalized spacial score (nSPS) is 10.8. The molecule has 0 bridgehead atoms. The zero-order valence-electron chi connectivity index (χ0n) is 10.2. The van der Waals surface area contributed by atoms with Crippen molar-refractivity contribution in [2.24, 2.45) is 0 Å². The maximum Gasteiger partial charge on any atom is 0.225 e. The summed E-state index contributed by atoms with van der Waals surface area (Å²) in [6.07, 6.45) is 0.186. The van der Waals surface area contributed by atoms with Gasteiger partial charge in [-0.05, 0) is 6.07 Å². The van der Waals surface area contributed by atoms with Gasteiger partial charge in [0.1, 0.15) is 5.82 Å². The fraction of sp³-hybridized carbons (Fsp3) is 0.417. The van der Waals surface area contributed by atoms with Crippen LogP contribution in [0.15, 0.2) is 12.1 Å². The molecule has 1 aromatic rings. The molecule has 6 heteroatoms. The molecule has 1 rings (SSSR count). The third-order valence-corrected chi connectivity index (χ3v) is 2.47. The van der Waals surface area contributed by atoms with E-state index >= 15 is 0 Å². The molecule has 0 heterocycles. The number of nitrogens with one attached hydrogen (secondary N) is 2. The lowest BCUT2D eigenvalue weighted by molar-refractivity contribution is -0.116. The van der Waals surface area contributed by atoms with Crippen molar-refractivity contribution in [2.75, 3.05) is 11.9 Å². The third kappa shape index (κ3) is 4.58. The van der Waals surface area contributed by atoms with E-state index in [0.717, 1.165) is 6.07 Å². The van der Waals surface area contributed by atoms with E-state index in [1.807, 2.05) is 13.8 Å². The van der Waals surface area contributed by atoms with Crippen molar-refractivity contribution >= 4 is 23.2 Å². The smallest absolute Gasteiger partial charge is 0.225 e. The van der Waals surface area contributed by atoms with Gasteiger partial charge in [0, 0.05) is 25.1 Å². The highest BCUT2D eigenvalue weighted by Crippen LogP contribution is 2.26. The van der Waals surface area contributed by atoms with E-state index in [9.17, 15) is 13.6 Å². The van der Waals surface area contributed by atoms with E-state index in [1.54, 1.807) is 0 Å². The number of amides is 1. The Morgan fingerprint density at radius 3 is 2.61 bits per heavy atom. The van der Waals surface area contributed by atoms with Crippen LogP contribution in [0.3, 0.4) is 0 Å². The van der Waals surface area contributed by atoms with Crippen LogP contribution in [-0.2, 0) is 4.79 Å². The van der Waals surface area contributed by atoms with Crippen molar-refractivity contribution in [3.05, 3.63) is 28.8 Å². The zero-order valence-corrected chi connectivity index (χ0v) is 10.9. The maximum absolute atomic E-state index is 13.4. The summed E-state index contributed by atoms with van der Waals surface area (Å²) in [5, 5.41) is 5.22. The fourth-order valence-electron chi connectivity index (χ4n) is 1.34. The minimum absolute atomic E-state index is 0.155. The van der Waals surface area contributed by atoms with E-state index < -0.39 is 11.6 Å². The predicted molar refractivity (Wildman–Crippen MR) is 67.8 cm³/mol. The first kappa shape index (κ1) is 14.9. The molecule has 0 aliphatic heterocycles. The Kier molecular flexibility index (Phi) is 5.50. The summed E-state index contributed by atoms with van der Waals surface area (Å²) in [7, 11) is 0. The molecule has 0 aliphatic rings. The lowest BCUT2D eigenvalue weighted by Crippen LogP contribution is -2.27. The summed E-state index contributed by atoms with van der Waals surface area (Å²) in [4.78, 5) is 11.5. The van der Waals surface area contributed by atoms with Crippen molar-refractivity contribution < 1.29 is 13.6 Å². The molecule has 0 unspecified atom stereocenters. The Hall–Kier alpha value is -1.20. The molecule has 0 radical (unpaired) electrons. The van der Waals surface area contributed by atoms with Crippen LogP contribution in [0, 0.1) is 11.6 Å². The van der Waals surface area contributed by atoms with Gasteiger partial charge in [0.05, 0.1) is 10.7 Å². The lowest BCUT2D eigenvalue weighted by atomic mass is 10.2. The number of rotatable bonds is 5. The summed E-state index contributed by atoms with van der Waals surface area (Å²) < 4.78 is 26.2. The second-order valence-corrected chi connectivity index (χ2v) is 4.56. The Labute approximate surface area is 110 Å². The van der Waals surface area contributed by atoms with E-state index in [2.05, 4.69) is 10.6 Å². The van der Waals surface area contributed by atoms with E-state index in [-0.39, 0.29) is 29.1 Å². The molecule has 1 aromatic carbocycles. The number of anilines is 1. The van der Waals surface area contributed by atoms with E-state index in [0.29, 0.717) is 12.6 Å². The van der Waals surface area contributed by atoms with Crippen LogP contribution >= 0.6 is 11.6 Å². The van der Waals surface area contributed by atoms with Crippen LogP contribution < -0.4 is 10.6 Å². The van der Waals surface area contributed by atoms with Crippen molar-refractivity contribution in [1.29, 1.82) is 0 Å². The molecule has 0 aliphatic carbocycles. The lowest BCUT2D eigenvalue weighted by Gasteiger charge is -2.10. The summed E-state index contributed by atoms with van der Waals surface area (Å²) >= 11 is 5.65. The first-order valence-electron chi connectivity index (χ1n) is 5.58. The van der Waals surface area contributed by atoms with Crippen molar-refractivity contribution in [3.63, 3.8) is 0 Å². The highest BCUT2D eigenvalue weighted by Gasteiger charge is 2.12. The van der Waals surface area contributed by atoms with Crippen LogP contribution in [0.5, 0.6) is 0 Å². The molecule has 18 heavy (non-hydrogen) atoms. The quantitative estimate of drug-likeness (QED) is 0.868. The second kappa shape index (κ2) is 6.66. The van der Waals surface area contributed by atoms with Gasteiger partial charge in [-0.25, -0.2) is 8.78 Å². The van der Waals surface area contributed by atoms with Crippen LogP contribution in [-0.4, -0.2) is 18.5 Å². The molecule has 0 aromatic heterocycles. The summed E-state index contributed by atoms with van der Waals surface area (Å²) in [5.41, 5.74) is -0.187. The number of halogens is 3. The molecule has 0 saturated carbocycles. The van der Waals surface area contributed by atoms with Crippen LogP contribution in [0.25, 0.3) is 0 Å². The Morgan fingerprint density at radius 1 is 1.39 bits per heavy atom. The van der Waals surface area contributed by atoms with Gasteiger partial charge in [-0.15, -0.1) is 0 Å². The van der Waals surface area contributed by atoms with Gasteiger partial charge in [-0.3, -0.25) is 4.79 Å². The van der Waals surface area contributed by atoms with Gasteiger partial charge in [0.2, 0.25) is 5.91 Å². The Balaban J connectivity index is 2.59. The standard InChI is InChI=1S/C12H15ClF2N2O/c1-7(2)16-4-3-11(18)17-12-9(13)5-8(14)6-10(12)15/h5-7,16H,3-4H2,1-2H3,(H,17,18). The molecular weight excluding hydrogens is 262 g/mol. The van der Waals surface area contributed by atoms with Crippen molar-refractivity contribution in [3.8, 4) is 0 Å². The average Bonchev–Trinajstić information content (AvgIpc) is 2.22. The predicted octanol–water partition coefficient (Wildman–Crippen LogP) is 2.94. The van der Waals surface area contributed by atoms with Gasteiger partial charge >= 0.3 is 0 Å². The molecule has 0 fully saturated rings. The van der Waals surface area contributed by atoms with Crippen LogP contribution in [0.2, 0.25) is 5.02 Å². The average molecular weight is 277 g/mol. The van der Waals surface area contributed by atoms with Crippen molar-refractivity contribution in [2.45, 2.75) is 26.3 Å². The number of benzene rings is 1. The first-order chi connectivity index (χ1) is 8.40. The minimum atomic E-state index is -0.884. The van der Waals surface area contributed by atoms with Gasteiger partial charge in [0.15, 0.2) is 5.82 Å². The largest absolute Gasteiger partial charge is 0.322 e. The van der Waals surface area contributed by atoms with Crippen LogP contribution in [0.1, 0.15) is 20.3 Å². The zero-order chi connectivity index (χ0) is 13.7. The number of hydrogen-bond donors (Lipinski definition) is 2. The number of carbonyl (C=O) groups is 1. The first-order valence-corrected chi connectivity index (χ1v) is 5.95. The second-order valence-electron chi connectivity index (χ2n) is 4.15. The monoisotopic (exact) mass is 276 g/mol. The summed E-state index contributed by atoms with van der Waals surface area (Å²) in [6, 6.07) is 1.89. The molecule has 0 saturated heterocycles. The Morgan fingerprint density at radius 2 is 2.06 bits per heavy atom. The van der Waals surface area contributed by atoms with Gasteiger partial charge in [0.25, 0.3) is 0 Å². The van der Waals surface area contributed by atoms with Crippen LogP contribution in [0.4, 0.5) is 14.5 Å². The maximum atomic E-state index is 13.4. The van der Waals surface area contributed by atoms with E-state index in [1.165, 1.54) is 0 Å². The number of carbonyl (C=O) groups excluding carboxylic acids is 1. The highest BCUT2D eigenvalue weighted by atomic mass is 35.5. The SMILES string of the molecule is CC(C)NCCC(=O)Nc1c(F)cc(F)cc1Cl. The molecule has 0 atom stereocenters. The van der Waals surface area contributed by atoms with E-state index in [4.69, 9.17) is 11.6 Å². The molecule has 3 nitrogen and oxygen atoms in total. The molecular formula is C12H15ClF2N2O. The summed E-state index contributed by atoms with van der Waals surface area (Å²) in [5.74, 6) is -2.04. The van der Waals surface area contributed by atoms with Gasteiger partial charge in [-0.1, -0.05) is 25.4 Å². The van der Waals surface area contributed by atoms with Gasteiger partial charge < -0.3 is 10.6 Å². The highest BCUT2D eigenvalue weighted by molar-refractivity contribution is 6.33. The molecule has 1 amide bonds. The number of hydrogen-bond acceptors (Lipinski definition) is 2. The minimum Gasteiger partial charge on any atom is -0.322 e. The Bertz CT molecular complexity index is 415. The third-order valence-electron chi connectivity index (χ3n) is 2.18. The van der Waals surface area contributed by atoms with Crippen molar-refractivity contribution in [1.82, 2.24) is 5.32 Å². The molecule has 0 spiro atoms. The topological polar surface area (TPSA) is 41.1 Å². The molecule has 2 N–H and O–H groups in total. The molecule has 100 valence electrons. The fourth-order valence-corrected chi connectivity index (χ4v) is 1.58.